The van der Waals surface area contributed by atoms with Crippen LogP contribution in [0.1, 0.15) is 26.2 Å². The molecule has 3 heterocycles. The lowest BCUT2D eigenvalue weighted by Gasteiger charge is -2.37. The molecule has 1 atom stereocenters. The molecule has 2 amide bonds. The minimum atomic E-state index is -0.227. The molecule has 1 aliphatic heterocycles. The molecule has 180 valence electrons. The van der Waals surface area contributed by atoms with Crippen LogP contribution in [0.25, 0.3) is 0 Å². The van der Waals surface area contributed by atoms with E-state index in [0.717, 1.165) is 12.0 Å². The summed E-state index contributed by atoms with van der Waals surface area (Å²) in [7, 11) is 3.20. The number of fused-ring (bicyclic) bond motifs is 1. The van der Waals surface area contributed by atoms with Gasteiger partial charge >= 0.3 is 0 Å². The molecule has 0 spiro atoms. The molecule has 1 aliphatic rings. The SMILES string of the molecule is COCCN(CC(=O)N1CCc2sccc2[C@H]1COc1cccc(OC)c1)C(=O)c1cccs1. The van der Waals surface area contributed by atoms with Gasteiger partial charge in [-0.3, -0.25) is 9.59 Å². The molecular formula is C25H28N2O5S2. The number of amides is 2. The van der Waals surface area contributed by atoms with Gasteiger partial charge in [0.25, 0.3) is 5.91 Å². The van der Waals surface area contributed by atoms with Crippen LogP contribution in [-0.4, -0.2) is 68.7 Å². The molecule has 9 heteroatoms. The number of carbonyl (C=O) groups excluding carboxylic acids is 2. The second-order valence-corrected chi connectivity index (χ2v) is 9.79. The summed E-state index contributed by atoms with van der Waals surface area (Å²) in [4.78, 5) is 31.8. The summed E-state index contributed by atoms with van der Waals surface area (Å²) >= 11 is 3.08. The van der Waals surface area contributed by atoms with Crippen molar-refractivity contribution in [3.05, 3.63) is 68.5 Å². The fourth-order valence-electron chi connectivity index (χ4n) is 4.00. The van der Waals surface area contributed by atoms with Crippen molar-refractivity contribution < 1.29 is 23.8 Å². The van der Waals surface area contributed by atoms with E-state index < -0.39 is 0 Å². The lowest BCUT2D eigenvalue weighted by molar-refractivity contribution is -0.135. The van der Waals surface area contributed by atoms with Gasteiger partial charge in [0, 0.05) is 31.1 Å². The van der Waals surface area contributed by atoms with Crippen LogP contribution >= 0.6 is 22.7 Å². The number of rotatable bonds is 10. The Kier molecular flexibility index (Phi) is 8.21. The highest BCUT2D eigenvalue weighted by Crippen LogP contribution is 2.34. The molecule has 3 aromatic rings. The van der Waals surface area contributed by atoms with E-state index in [2.05, 4.69) is 11.4 Å². The highest BCUT2D eigenvalue weighted by atomic mass is 32.1. The number of ether oxygens (including phenoxy) is 3. The van der Waals surface area contributed by atoms with Crippen molar-refractivity contribution in [3.8, 4) is 11.5 Å². The number of thiophene rings is 2. The Morgan fingerprint density at radius 2 is 1.94 bits per heavy atom. The van der Waals surface area contributed by atoms with Crippen molar-refractivity contribution in [3.63, 3.8) is 0 Å². The smallest absolute Gasteiger partial charge is 0.264 e. The Morgan fingerprint density at radius 3 is 2.71 bits per heavy atom. The van der Waals surface area contributed by atoms with Crippen LogP contribution in [-0.2, 0) is 16.0 Å². The molecule has 0 saturated carbocycles. The first kappa shape index (κ1) is 24.3. The van der Waals surface area contributed by atoms with Crippen LogP contribution in [0.4, 0.5) is 0 Å². The van der Waals surface area contributed by atoms with E-state index in [0.29, 0.717) is 42.7 Å². The number of hydrogen-bond donors (Lipinski definition) is 0. The third-order valence-electron chi connectivity index (χ3n) is 5.77. The molecular weight excluding hydrogens is 472 g/mol. The first-order chi connectivity index (χ1) is 16.6. The monoisotopic (exact) mass is 500 g/mol. The molecule has 0 bridgehead atoms. The van der Waals surface area contributed by atoms with E-state index in [1.165, 1.54) is 16.2 Å². The number of carbonyl (C=O) groups is 2. The van der Waals surface area contributed by atoms with Crippen molar-refractivity contribution in [2.24, 2.45) is 0 Å². The fourth-order valence-corrected chi connectivity index (χ4v) is 5.62. The van der Waals surface area contributed by atoms with Gasteiger partial charge in [0.05, 0.1) is 24.6 Å². The maximum absolute atomic E-state index is 13.5. The summed E-state index contributed by atoms with van der Waals surface area (Å²) in [5.41, 5.74) is 1.11. The molecule has 7 nitrogen and oxygen atoms in total. The lowest BCUT2D eigenvalue weighted by Crippen LogP contribution is -2.48. The molecule has 0 radical (unpaired) electrons. The zero-order valence-corrected chi connectivity index (χ0v) is 20.9. The van der Waals surface area contributed by atoms with Gasteiger partial charge in [0.1, 0.15) is 24.7 Å². The molecule has 34 heavy (non-hydrogen) atoms. The average molecular weight is 501 g/mol. The van der Waals surface area contributed by atoms with E-state index in [1.54, 1.807) is 36.5 Å². The summed E-state index contributed by atoms with van der Waals surface area (Å²) in [6.45, 7) is 1.61. The van der Waals surface area contributed by atoms with E-state index in [1.807, 2.05) is 40.6 Å². The van der Waals surface area contributed by atoms with Crippen LogP contribution in [0.3, 0.4) is 0 Å². The van der Waals surface area contributed by atoms with E-state index in [9.17, 15) is 9.59 Å². The summed E-state index contributed by atoms with van der Waals surface area (Å²) in [5.74, 6) is 1.14. The largest absolute Gasteiger partial charge is 0.497 e. The Morgan fingerprint density at radius 1 is 1.09 bits per heavy atom. The molecule has 0 unspecified atom stereocenters. The summed E-state index contributed by atoms with van der Waals surface area (Å²) in [6, 6.07) is 12.9. The van der Waals surface area contributed by atoms with E-state index in [-0.39, 0.29) is 24.4 Å². The minimum absolute atomic E-state index is 0.00474. The molecule has 2 aromatic heterocycles. The van der Waals surface area contributed by atoms with E-state index >= 15 is 0 Å². The molecule has 4 rings (SSSR count). The Hall–Kier alpha value is -2.88. The standard InChI is InChI=1S/C25H28N2O5S2/c1-30-12-11-26(25(29)23-7-4-13-33-23)16-24(28)27-10-8-22-20(9-14-34-22)21(27)17-32-19-6-3-5-18(15-19)31-2/h3-7,9,13-15,21H,8,10-12,16-17H2,1-2H3/t21-/m1/s1. The molecule has 1 aromatic carbocycles. The molecule has 0 fully saturated rings. The minimum Gasteiger partial charge on any atom is -0.497 e. The maximum Gasteiger partial charge on any atom is 0.264 e. The van der Waals surface area contributed by atoms with Gasteiger partial charge in [-0.1, -0.05) is 12.1 Å². The first-order valence-electron chi connectivity index (χ1n) is 11.0. The predicted molar refractivity (Wildman–Crippen MR) is 133 cm³/mol. The zero-order chi connectivity index (χ0) is 23.9. The van der Waals surface area contributed by atoms with Crippen molar-refractivity contribution in [1.29, 1.82) is 0 Å². The predicted octanol–water partition coefficient (Wildman–Crippen LogP) is 4.11. The van der Waals surface area contributed by atoms with Crippen LogP contribution in [0.2, 0.25) is 0 Å². The maximum atomic E-state index is 13.5. The van der Waals surface area contributed by atoms with Crippen LogP contribution < -0.4 is 9.47 Å². The van der Waals surface area contributed by atoms with Crippen LogP contribution in [0.5, 0.6) is 11.5 Å². The number of methoxy groups -OCH3 is 2. The zero-order valence-electron chi connectivity index (χ0n) is 19.3. The van der Waals surface area contributed by atoms with Crippen molar-refractivity contribution in [2.45, 2.75) is 12.5 Å². The molecule has 0 saturated heterocycles. The third kappa shape index (κ3) is 5.60. The van der Waals surface area contributed by atoms with E-state index in [4.69, 9.17) is 14.2 Å². The second-order valence-electron chi connectivity index (χ2n) is 7.84. The fraction of sp³-hybridized carbons (Fsp3) is 0.360. The van der Waals surface area contributed by atoms with Crippen LogP contribution in [0, 0.1) is 0 Å². The Bertz CT molecular complexity index is 1100. The molecule has 0 N–H and O–H groups in total. The highest BCUT2D eigenvalue weighted by Gasteiger charge is 2.33. The summed E-state index contributed by atoms with van der Waals surface area (Å²) in [5, 5.41) is 3.92. The highest BCUT2D eigenvalue weighted by molar-refractivity contribution is 7.12. The Labute approximate surface area is 207 Å². The van der Waals surface area contributed by atoms with Crippen LogP contribution in [0.15, 0.2) is 53.2 Å². The summed E-state index contributed by atoms with van der Waals surface area (Å²) in [6.07, 6.45) is 0.797. The molecule has 0 aliphatic carbocycles. The number of nitrogens with zero attached hydrogens (tertiary/aromatic N) is 2. The lowest BCUT2D eigenvalue weighted by atomic mass is 10.0. The second kappa shape index (κ2) is 11.5. The van der Waals surface area contributed by atoms with Crippen molar-refractivity contribution in [1.82, 2.24) is 9.80 Å². The third-order valence-corrected chi connectivity index (χ3v) is 7.63. The van der Waals surface area contributed by atoms with Gasteiger partial charge in [-0.2, -0.15) is 0 Å². The number of hydrogen-bond acceptors (Lipinski definition) is 7. The van der Waals surface area contributed by atoms with Gasteiger partial charge in [0.15, 0.2) is 0 Å². The van der Waals surface area contributed by atoms with Gasteiger partial charge < -0.3 is 24.0 Å². The topological polar surface area (TPSA) is 68.3 Å². The first-order valence-corrected chi connectivity index (χ1v) is 12.8. The number of benzene rings is 1. The Balaban J connectivity index is 1.51. The quantitative estimate of drug-likeness (QED) is 0.419. The summed E-state index contributed by atoms with van der Waals surface area (Å²) < 4.78 is 16.6. The van der Waals surface area contributed by atoms with Gasteiger partial charge in [-0.05, 0) is 47.0 Å². The van der Waals surface area contributed by atoms with Gasteiger partial charge in [-0.25, -0.2) is 0 Å². The normalized spacial score (nSPS) is 15.0. The van der Waals surface area contributed by atoms with Gasteiger partial charge in [0.2, 0.25) is 5.91 Å². The van der Waals surface area contributed by atoms with Gasteiger partial charge in [-0.15, -0.1) is 22.7 Å². The van der Waals surface area contributed by atoms with Crippen molar-refractivity contribution >= 4 is 34.5 Å². The average Bonchev–Trinajstić information content (AvgIpc) is 3.57. The van der Waals surface area contributed by atoms with Crippen molar-refractivity contribution in [2.75, 3.05) is 47.1 Å².